The number of halogens is 1. The van der Waals surface area contributed by atoms with Gasteiger partial charge in [0, 0.05) is 12.0 Å². The third-order valence-corrected chi connectivity index (χ3v) is 4.60. The number of benzene rings is 2. The van der Waals surface area contributed by atoms with Gasteiger partial charge in [-0.1, -0.05) is 61.7 Å². The Balaban J connectivity index is 1.85. The molecule has 1 aliphatic rings. The summed E-state index contributed by atoms with van der Waals surface area (Å²) in [5, 5.41) is 0. The highest BCUT2D eigenvalue weighted by molar-refractivity contribution is 5.33. The highest BCUT2D eigenvalue weighted by Crippen LogP contribution is 2.35. The van der Waals surface area contributed by atoms with Gasteiger partial charge < -0.3 is 5.73 Å². The quantitative estimate of drug-likeness (QED) is 0.879. The molecule has 1 nitrogen and oxygen atoms in total. The van der Waals surface area contributed by atoms with Crippen LogP contribution in [-0.2, 0) is 12.0 Å². The Morgan fingerprint density at radius 3 is 2.48 bits per heavy atom. The van der Waals surface area contributed by atoms with E-state index in [1.165, 1.54) is 30.9 Å². The first-order chi connectivity index (χ1) is 10.2. The monoisotopic (exact) mass is 283 g/mol. The van der Waals surface area contributed by atoms with Gasteiger partial charge >= 0.3 is 0 Å². The molecule has 0 aliphatic heterocycles. The number of nitrogens with two attached hydrogens (primary N) is 1. The zero-order valence-corrected chi connectivity index (χ0v) is 12.3. The summed E-state index contributed by atoms with van der Waals surface area (Å²) in [7, 11) is 0. The minimum absolute atomic E-state index is 0.136. The van der Waals surface area contributed by atoms with Crippen molar-refractivity contribution >= 4 is 0 Å². The van der Waals surface area contributed by atoms with E-state index in [9.17, 15) is 4.39 Å². The summed E-state index contributed by atoms with van der Waals surface area (Å²) in [5.74, 6) is -0.136. The minimum atomic E-state index is -0.191. The first-order valence-corrected chi connectivity index (χ1v) is 7.79. The smallest absolute Gasteiger partial charge is 0.126 e. The van der Waals surface area contributed by atoms with E-state index in [-0.39, 0.29) is 11.4 Å². The molecule has 0 spiro atoms. The van der Waals surface area contributed by atoms with Crippen LogP contribution in [0.2, 0.25) is 0 Å². The Hall–Kier alpha value is -1.67. The molecule has 0 radical (unpaired) electrons. The lowest BCUT2D eigenvalue weighted by Crippen LogP contribution is -2.38. The Kier molecular flexibility index (Phi) is 4.07. The molecule has 2 aromatic carbocycles. The van der Waals surface area contributed by atoms with Crippen LogP contribution in [0, 0.1) is 5.82 Å². The molecule has 1 aliphatic carbocycles. The van der Waals surface area contributed by atoms with Gasteiger partial charge in [0.05, 0.1) is 0 Å². The molecule has 0 unspecified atom stereocenters. The van der Waals surface area contributed by atoms with E-state index in [2.05, 4.69) is 24.3 Å². The van der Waals surface area contributed by atoms with Gasteiger partial charge in [0.25, 0.3) is 0 Å². The summed E-state index contributed by atoms with van der Waals surface area (Å²) < 4.78 is 13.8. The molecule has 0 amide bonds. The van der Waals surface area contributed by atoms with Crippen molar-refractivity contribution in [1.29, 1.82) is 0 Å². The van der Waals surface area contributed by atoms with Crippen LogP contribution in [-0.4, -0.2) is 0 Å². The van der Waals surface area contributed by atoms with Crippen LogP contribution in [0.3, 0.4) is 0 Å². The molecule has 1 fully saturated rings. The van der Waals surface area contributed by atoms with Gasteiger partial charge in [0.2, 0.25) is 0 Å². The SMILES string of the molecule is NC1(c2cccc(Cc3ccccc3F)c2)CCCCC1. The summed E-state index contributed by atoms with van der Waals surface area (Å²) in [6, 6.07) is 15.4. The third kappa shape index (κ3) is 3.16. The maximum absolute atomic E-state index is 13.8. The van der Waals surface area contributed by atoms with Crippen LogP contribution in [0.25, 0.3) is 0 Å². The van der Waals surface area contributed by atoms with Crippen molar-refractivity contribution in [3.63, 3.8) is 0 Å². The normalized spacial score (nSPS) is 17.6. The average Bonchev–Trinajstić information content (AvgIpc) is 2.51. The Morgan fingerprint density at radius 2 is 1.71 bits per heavy atom. The maximum atomic E-state index is 13.8. The second-order valence-electron chi connectivity index (χ2n) is 6.19. The van der Waals surface area contributed by atoms with Gasteiger partial charge in [0.1, 0.15) is 5.82 Å². The molecule has 1 saturated carbocycles. The van der Waals surface area contributed by atoms with Gasteiger partial charge in [-0.15, -0.1) is 0 Å². The lowest BCUT2D eigenvalue weighted by atomic mass is 9.77. The standard InChI is InChI=1S/C19H22FN/c20-18-10-3-2-8-16(18)13-15-7-6-9-17(14-15)19(21)11-4-1-5-12-19/h2-3,6-10,14H,1,4-5,11-13,21H2. The number of hydrogen-bond donors (Lipinski definition) is 1. The Bertz CT molecular complexity index is 614. The van der Waals surface area contributed by atoms with E-state index in [0.717, 1.165) is 24.0 Å². The van der Waals surface area contributed by atoms with E-state index < -0.39 is 0 Å². The molecule has 0 saturated heterocycles. The van der Waals surface area contributed by atoms with E-state index in [0.29, 0.717) is 6.42 Å². The van der Waals surface area contributed by atoms with Gasteiger partial charge in [-0.2, -0.15) is 0 Å². The van der Waals surface area contributed by atoms with Crippen molar-refractivity contribution < 1.29 is 4.39 Å². The highest BCUT2D eigenvalue weighted by atomic mass is 19.1. The Labute approximate surface area is 126 Å². The Morgan fingerprint density at radius 1 is 0.952 bits per heavy atom. The van der Waals surface area contributed by atoms with Crippen molar-refractivity contribution in [2.45, 2.75) is 44.1 Å². The lowest BCUT2D eigenvalue weighted by molar-refractivity contribution is 0.302. The summed E-state index contributed by atoms with van der Waals surface area (Å²) >= 11 is 0. The van der Waals surface area contributed by atoms with Gasteiger partial charge in [-0.25, -0.2) is 4.39 Å². The molecular weight excluding hydrogens is 261 g/mol. The molecule has 0 bridgehead atoms. The first kappa shape index (κ1) is 14.3. The molecule has 3 rings (SSSR count). The molecule has 2 heteroatoms. The molecule has 2 N–H and O–H groups in total. The van der Waals surface area contributed by atoms with Gasteiger partial charge in [-0.3, -0.25) is 0 Å². The van der Waals surface area contributed by atoms with Gasteiger partial charge in [-0.05, 0) is 35.6 Å². The average molecular weight is 283 g/mol. The number of rotatable bonds is 3. The molecular formula is C19H22FN. The maximum Gasteiger partial charge on any atom is 0.126 e. The molecule has 2 aromatic rings. The van der Waals surface area contributed by atoms with Crippen molar-refractivity contribution in [1.82, 2.24) is 0 Å². The predicted molar refractivity (Wildman–Crippen MR) is 84.6 cm³/mol. The van der Waals surface area contributed by atoms with Crippen molar-refractivity contribution in [3.05, 3.63) is 71.0 Å². The molecule has 0 heterocycles. The summed E-state index contributed by atoms with van der Waals surface area (Å²) in [6.45, 7) is 0. The minimum Gasteiger partial charge on any atom is -0.321 e. The molecule has 0 aromatic heterocycles. The van der Waals surface area contributed by atoms with Crippen molar-refractivity contribution in [3.8, 4) is 0 Å². The molecule has 0 atom stereocenters. The van der Waals surface area contributed by atoms with Crippen molar-refractivity contribution in [2.75, 3.05) is 0 Å². The first-order valence-electron chi connectivity index (χ1n) is 7.79. The molecule has 21 heavy (non-hydrogen) atoms. The van der Waals surface area contributed by atoms with Crippen molar-refractivity contribution in [2.24, 2.45) is 5.73 Å². The molecule has 110 valence electrons. The van der Waals surface area contributed by atoms with E-state index in [4.69, 9.17) is 5.73 Å². The third-order valence-electron chi connectivity index (χ3n) is 4.60. The fourth-order valence-electron chi connectivity index (χ4n) is 3.32. The fourth-order valence-corrected chi connectivity index (χ4v) is 3.32. The topological polar surface area (TPSA) is 26.0 Å². The summed E-state index contributed by atoms with van der Waals surface area (Å²) in [4.78, 5) is 0. The summed E-state index contributed by atoms with van der Waals surface area (Å²) in [5.41, 5.74) is 9.48. The second kappa shape index (κ2) is 5.98. The van der Waals surface area contributed by atoms with Crippen LogP contribution in [0.15, 0.2) is 48.5 Å². The zero-order valence-electron chi connectivity index (χ0n) is 12.3. The van der Waals surface area contributed by atoms with E-state index in [1.54, 1.807) is 6.07 Å². The number of hydrogen-bond acceptors (Lipinski definition) is 1. The largest absolute Gasteiger partial charge is 0.321 e. The van der Waals surface area contributed by atoms with Crippen LogP contribution in [0.5, 0.6) is 0 Å². The van der Waals surface area contributed by atoms with Crippen LogP contribution < -0.4 is 5.73 Å². The predicted octanol–water partition coefficient (Wildman–Crippen LogP) is 4.53. The van der Waals surface area contributed by atoms with E-state index in [1.807, 2.05) is 12.1 Å². The highest BCUT2D eigenvalue weighted by Gasteiger charge is 2.29. The van der Waals surface area contributed by atoms with Crippen LogP contribution in [0.1, 0.15) is 48.8 Å². The lowest BCUT2D eigenvalue weighted by Gasteiger charge is -2.34. The van der Waals surface area contributed by atoms with Crippen LogP contribution in [0.4, 0.5) is 4.39 Å². The van der Waals surface area contributed by atoms with Gasteiger partial charge in [0.15, 0.2) is 0 Å². The summed E-state index contributed by atoms with van der Waals surface area (Å²) in [6.07, 6.45) is 6.42. The van der Waals surface area contributed by atoms with Crippen LogP contribution >= 0.6 is 0 Å². The zero-order chi connectivity index (χ0) is 14.7. The second-order valence-corrected chi connectivity index (χ2v) is 6.19. The fraction of sp³-hybridized carbons (Fsp3) is 0.368. The van der Waals surface area contributed by atoms with E-state index >= 15 is 0 Å².